The third-order valence-electron chi connectivity index (χ3n) is 2.99. The van der Waals surface area contributed by atoms with Crippen LogP contribution in [0.1, 0.15) is 37.5 Å². The molecule has 0 bridgehead atoms. The summed E-state index contributed by atoms with van der Waals surface area (Å²) in [7, 11) is 0. The summed E-state index contributed by atoms with van der Waals surface area (Å²) in [5, 5.41) is 3.62. The normalized spacial score (nSPS) is 32.4. The average Bonchev–Trinajstić information content (AvgIpc) is 2.71. The Bertz CT molecular complexity index is 310. The van der Waals surface area contributed by atoms with Crippen LogP contribution in [-0.4, -0.2) is 12.1 Å². The van der Waals surface area contributed by atoms with Crippen molar-refractivity contribution in [2.45, 2.75) is 44.7 Å². The molecule has 1 nitrogen and oxygen atoms in total. The third kappa shape index (κ3) is 1.97. The van der Waals surface area contributed by atoms with Gasteiger partial charge in [-0.3, -0.25) is 0 Å². The van der Waals surface area contributed by atoms with Gasteiger partial charge in [0.15, 0.2) is 0 Å². The minimum atomic E-state index is 0.639. The van der Waals surface area contributed by atoms with E-state index in [1.54, 1.807) is 11.3 Å². The van der Waals surface area contributed by atoms with Gasteiger partial charge in [0.25, 0.3) is 0 Å². The van der Waals surface area contributed by atoms with Crippen molar-refractivity contribution >= 4 is 22.9 Å². The molecule has 3 unspecified atom stereocenters. The minimum absolute atomic E-state index is 0.639. The number of hydrogen-bond acceptors (Lipinski definition) is 2. The zero-order valence-corrected chi connectivity index (χ0v) is 10.2. The highest BCUT2D eigenvalue weighted by Gasteiger charge is 2.31. The molecule has 1 saturated heterocycles. The Morgan fingerprint density at radius 2 is 2.36 bits per heavy atom. The molecular weight excluding hydrogens is 214 g/mol. The van der Waals surface area contributed by atoms with Crippen LogP contribution >= 0.6 is 22.9 Å². The van der Waals surface area contributed by atoms with Crippen molar-refractivity contribution in [3.05, 3.63) is 21.3 Å². The lowest BCUT2D eigenvalue weighted by atomic mass is 9.96. The molecule has 2 rings (SSSR count). The fraction of sp³-hybridized carbons (Fsp3) is 0.636. The van der Waals surface area contributed by atoms with Gasteiger partial charge in [-0.1, -0.05) is 18.5 Å². The van der Waals surface area contributed by atoms with Crippen LogP contribution in [0.3, 0.4) is 0 Å². The Balaban J connectivity index is 2.17. The number of rotatable bonds is 2. The molecule has 0 radical (unpaired) electrons. The molecule has 78 valence electrons. The van der Waals surface area contributed by atoms with Gasteiger partial charge >= 0.3 is 0 Å². The second-order valence-corrected chi connectivity index (χ2v) is 5.81. The molecule has 3 heteroatoms. The highest BCUT2D eigenvalue weighted by atomic mass is 35.5. The van der Waals surface area contributed by atoms with Crippen LogP contribution in [-0.2, 0) is 0 Å². The van der Waals surface area contributed by atoms with Crippen LogP contribution in [0.5, 0.6) is 0 Å². The first kappa shape index (κ1) is 10.5. The number of halogens is 1. The van der Waals surface area contributed by atoms with Crippen LogP contribution in [0.4, 0.5) is 0 Å². The molecule has 14 heavy (non-hydrogen) atoms. The van der Waals surface area contributed by atoms with Crippen LogP contribution in [0, 0.1) is 0 Å². The molecular formula is C11H16ClNS. The quantitative estimate of drug-likeness (QED) is 0.817. The molecule has 1 fully saturated rings. The van der Waals surface area contributed by atoms with E-state index in [0.29, 0.717) is 18.0 Å². The van der Waals surface area contributed by atoms with Crippen molar-refractivity contribution in [3.63, 3.8) is 0 Å². The van der Waals surface area contributed by atoms with E-state index in [-0.39, 0.29) is 0 Å². The SMILES string of the molecule is CCC1NC(C)CC1c1ccc(Cl)s1. The lowest BCUT2D eigenvalue weighted by Gasteiger charge is -2.15. The number of hydrogen-bond donors (Lipinski definition) is 1. The van der Waals surface area contributed by atoms with Crippen LogP contribution < -0.4 is 5.32 Å². The fourth-order valence-electron chi connectivity index (χ4n) is 2.34. The van der Waals surface area contributed by atoms with Crippen LogP contribution in [0.15, 0.2) is 12.1 Å². The van der Waals surface area contributed by atoms with E-state index in [2.05, 4.69) is 25.2 Å². The highest BCUT2D eigenvalue weighted by Crippen LogP contribution is 2.37. The Morgan fingerprint density at radius 1 is 1.57 bits per heavy atom. The Labute approximate surface area is 94.5 Å². The van der Waals surface area contributed by atoms with Crippen LogP contribution in [0.25, 0.3) is 0 Å². The molecule has 2 heterocycles. The summed E-state index contributed by atoms with van der Waals surface area (Å²) in [4.78, 5) is 1.44. The van der Waals surface area contributed by atoms with Crippen LogP contribution in [0.2, 0.25) is 4.34 Å². The van der Waals surface area contributed by atoms with Crippen molar-refractivity contribution in [2.24, 2.45) is 0 Å². The molecule has 1 N–H and O–H groups in total. The van der Waals surface area contributed by atoms with Gasteiger partial charge in [-0.05, 0) is 31.9 Å². The molecule has 1 aliphatic rings. The number of nitrogens with one attached hydrogen (secondary N) is 1. The molecule has 0 spiro atoms. The van der Waals surface area contributed by atoms with Crippen molar-refractivity contribution in [3.8, 4) is 0 Å². The van der Waals surface area contributed by atoms with Crippen molar-refractivity contribution in [1.29, 1.82) is 0 Å². The Morgan fingerprint density at radius 3 is 2.93 bits per heavy atom. The van der Waals surface area contributed by atoms with Gasteiger partial charge in [0, 0.05) is 22.9 Å². The molecule has 0 amide bonds. The second-order valence-electron chi connectivity index (χ2n) is 4.07. The van der Waals surface area contributed by atoms with Gasteiger partial charge in [0.1, 0.15) is 0 Å². The first-order valence-corrected chi connectivity index (χ1v) is 6.41. The van der Waals surface area contributed by atoms with Crippen molar-refractivity contribution in [1.82, 2.24) is 5.32 Å². The van der Waals surface area contributed by atoms with Gasteiger partial charge in [-0.15, -0.1) is 11.3 Å². The Kier molecular flexibility index (Phi) is 3.15. The summed E-state index contributed by atoms with van der Waals surface area (Å²) >= 11 is 7.70. The summed E-state index contributed by atoms with van der Waals surface area (Å²) in [6, 6.07) is 5.47. The first-order chi connectivity index (χ1) is 6.70. The van der Waals surface area contributed by atoms with E-state index in [9.17, 15) is 0 Å². The summed E-state index contributed by atoms with van der Waals surface area (Å²) in [6.07, 6.45) is 2.44. The summed E-state index contributed by atoms with van der Waals surface area (Å²) in [5.74, 6) is 0.674. The topological polar surface area (TPSA) is 12.0 Å². The molecule has 1 aromatic heterocycles. The predicted octanol–water partition coefficient (Wildman–Crippen LogP) is 3.65. The molecule has 0 saturated carbocycles. The summed E-state index contributed by atoms with van der Waals surface area (Å²) in [6.45, 7) is 4.51. The molecule has 1 aromatic rings. The molecule has 1 aliphatic heterocycles. The maximum Gasteiger partial charge on any atom is 0.0931 e. The van der Waals surface area contributed by atoms with E-state index in [1.165, 1.54) is 17.7 Å². The zero-order chi connectivity index (χ0) is 10.1. The smallest absolute Gasteiger partial charge is 0.0931 e. The van der Waals surface area contributed by atoms with E-state index in [1.807, 2.05) is 6.07 Å². The maximum absolute atomic E-state index is 5.96. The zero-order valence-electron chi connectivity index (χ0n) is 8.59. The minimum Gasteiger partial charge on any atom is -0.311 e. The first-order valence-electron chi connectivity index (χ1n) is 5.22. The lowest BCUT2D eigenvalue weighted by Crippen LogP contribution is -2.28. The van der Waals surface area contributed by atoms with Gasteiger partial charge in [-0.2, -0.15) is 0 Å². The van der Waals surface area contributed by atoms with E-state index < -0.39 is 0 Å². The largest absolute Gasteiger partial charge is 0.311 e. The van der Waals surface area contributed by atoms with Gasteiger partial charge in [0.2, 0.25) is 0 Å². The van der Waals surface area contributed by atoms with Gasteiger partial charge in [0.05, 0.1) is 4.34 Å². The summed E-state index contributed by atoms with van der Waals surface area (Å²) in [5.41, 5.74) is 0. The Hall–Kier alpha value is -0.0500. The number of thiophene rings is 1. The van der Waals surface area contributed by atoms with Gasteiger partial charge < -0.3 is 5.32 Å². The molecule has 0 aromatic carbocycles. The second kappa shape index (κ2) is 4.21. The summed E-state index contributed by atoms with van der Waals surface area (Å²) < 4.78 is 0.911. The van der Waals surface area contributed by atoms with E-state index in [4.69, 9.17) is 11.6 Å². The monoisotopic (exact) mass is 229 g/mol. The lowest BCUT2D eigenvalue weighted by molar-refractivity contribution is 0.521. The predicted molar refractivity (Wildman–Crippen MR) is 63.4 cm³/mol. The molecule has 0 aliphatic carbocycles. The molecule has 3 atom stereocenters. The highest BCUT2D eigenvalue weighted by molar-refractivity contribution is 7.16. The standard InChI is InChI=1S/C11H16ClNS/c1-3-9-8(6-7(2)13-9)10-4-5-11(12)14-10/h4-5,7-9,13H,3,6H2,1-2H3. The maximum atomic E-state index is 5.96. The average molecular weight is 230 g/mol. The van der Waals surface area contributed by atoms with E-state index >= 15 is 0 Å². The third-order valence-corrected chi connectivity index (χ3v) is 4.35. The van der Waals surface area contributed by atoms with Crippen molar-refractivity contribution < 1.29 is 0 Å². The fourth-order valence-corrected chi connectivity index (χ4v) is 3.58. The van der Waals surface area contributed by atoms with E-state index in [0.717, 1.165) is 4.34 Å². The van der Waals surface area contributed by atoms with Gasteiger partial charge in [-0.25, -0.2) is 0 Å². The van der Waals surface area contributed by atoms with Crippen molar-refractivity contribution in [2.75, 3.05) is 0 Å².